The first-order valence-corrected chi connectivity index (χ1v) is 10.6. The number of sulfonamides is 1. The highest BCUT2D eigenvalue weighted by atomic mass is 32.2. The van der Waals surface area contributed by atoms with E-state index >= 15 is 0 Å². The van der Waals surface area contributed by atoms with Crippen molar-refractivity contribution in [1.29, 1.82) is 0 Å². The van der Waals surface area contributed by atoms with Crippen molar-refractivity contribution in [3.05, 3.63) is 59.7 Å². The first kappa shape index (κ1) is 22.0. The Morgan fingerprint density at radius 2 is 1.79 bits per heavy atom. The minimum absolute atomic E-state index is 0.0788. The lowest BCUT2D eigenvalue weighted by atomic mass is 10.1. The van der Waals surface area contributed by atoms with Gasteiger partial charge in [0.05, 0.1) is 4.90 Å². The second-order valence-electron chi connectivity index (χ2n) is 6.41. The maximum atomic E-state index is 11.6. The zero-order chi connectivity index (χ0) is 20.6. The number of ether oxygens (including phenoxy) is 1. The topological polar surface area (TPSA) is 119 Å². The summed E-state index contributed by atoms with van der Waals surface area (Å²) in [4.78, 5) is 11.7. The van der Waals surface area contributed by atoms with Crippen LogP contribution >= 0.6 is 0 Å². The molecule has 0 fully saturated rings. The molecule has 0 aliphatic heterocycles. The number of hydrogen-bond donors (Lipinski definition) is 3. The van der Waals surface area contributed by atoms with Crippen LogP contribution in [0.1, 0.15) is 29.3 Å². The summed E-state index contributed by atoms with van der Waals surface area (Å²) >= 11 is 0. The maximum absolute atomic E-state index is 11.6. The fourth-order valence-corrected chi connectivity index (χ4v) is 3.06. The highest BCUT2D eigenvalue weighted by Crippen LogP contribution is 2.14. The molecule has 8 heteroatoms. The molecule has 2 aromatic rings. The third kappa shape index (κ3) is 7.05. The van der Waals surface area contributed by atoms with E-state index in [0.29, 0.717) is 37.2 Å². The first-order valence-electron chi connectivity index (χ1n) is 9.06. The van der Waals surface area contributed by atoms with Gasteiger partial charge in [0.15, 0.2) is 5.78 Å². The highest BCUT2D eigenvalue weighted by Gasteiger charge is 2.08. The average Bonchev–Trinajstić information content (AvgIpc) is 2.69. The van der Waals surface area contributed by atoms with Crippen molar-refractivity contribution in [1.82, 2.24) is 5.32 Å². The van der Waals surface area contributed by atoms with Gasteiger partial charge in [0, 0.05) is 18.5 Å². The number of aliphatic hydroxyl groups is 1. The summed E-state index contributed by atoms with van der Waals surface area (Å²) in [5.41, 5.74) is 1.61. The van der Waals surface area contributed by atoms with Crippen molar-refractivity contribution in [3.8, 4) is 5.75 Å². The minimum atomic E-state index is -3.67. The number of benzene rings is 2. The number of primary sulfonamides is 1. The molecule has 0 aromatic heterocycles. The van der Waals surface area contributed by atoms with E-state index in [1.54, 1.807) is 36.4 Å². The lowest BCUT2D eigenvalue weighted by molar-refractivity contribution is 0.0986. The van der Waals surface area contributed by atoms with Crippen LogP contribution in [0.4, 0.5) is 0 Å². The van der Waals surface area contributed by atoms with Crippen molar-refractivity contribution in [2.45, 2.75) is 30.8 Å². The monoisotopic (exact) mass is 406 g/mol. The molecule has 2 aromatic carbocycles. The predicted octanol–water partition coefficient (Wildman–Crippen LogP) is 1.50. The molecule has 2 rings (SSSR count). The standard InChI is InChI=1S/C20H26N2O5S/c1-2-20(24)16-5-7-18(8-6-16)27-14-17(23)13-22-12-11-15-3-9-19(10-4-15)28(21,25)26/h3-10,17,22-23H,2,11-14H2,1H3,(H2,21,25,26). The summed E-state index contributed by atoms with van der Waals surface area (Å²) in [6.45, 7) is 2.94. The van der Waals surface area contributed by atoms with Gasteiger partial charge in [0.1, 0.15) is 18.5 Å². The Morgan fingerprint density at radius 3 is 2.36 bits per heavy atom. The molecule has 0 bridgehead atoms. The molecule has 7 nitrogen and oxygen atoms in total. The van der Waals surface area contributed by atoms with Crippen LogP contribution in [-0.4, -0.2) is 45.1 Å². The molecule has 0 spiro atoms. The molecular weight excluding hydrogens is 380 g/mol. The largest absolute Gasteiger partial charge is 0.491 e. The second kappa shape index (κ2) is 10.3. The van der Waals surface area contributed by atoms with Crippen LogP contribution < -0.4 is 15.2 Å². The quantitative estimate of drug-likeness (QED) is 0.384. The van der Waals surface area contributed by atoms with Crippen molar-refractivity contribution in [3.63, 3.8) is 0 Å². The molecule has 28 heavy (non-hydrogen) atoms. The van der Waals surface area contributed by atoms with Crippen LogP contribution in [-0.2, 0) is 16.4 Å². The predicted molar refractivity (Wildman–Crippen MR) is 107 cm³/mol. The molecule has 0 aliphatic carbocycles. The van der Waals surface area contributed by atoms with Crippen LogP contribution in [0.5, 0.6) is 5.75 Å². The Labute approximate surface area is 165 Å². The second-order valence-corrected chi connectivity index (χ2v) is 7.97. The summed E-state index contributed by atoms with van der Waals surface area (Å²) in [6.07, 6.45) is 0.466. The Kier molecular flexibility index (Phi) is 8.13. The number of Topliss-reactive ketones (excluding diaryl/α,β-unsaturated/α-hetero) is 1. The van der Waals surface area contributed by atoms with Gasteiger partial charge in [-0.1, -0.05) is 19.1 Å². The number of aliphatic hydroxyl groups excluding tert-OH is 1. The number of hydrogen-bond acceptors (Lipinski definition) is 6. The van der Waals surface area contributed by atoms with Crippen LogP contribution in [0.3, 0.4) is 0 Å². The van der Waals surface area contributed by atoms with Gasteiger partial charge < -0.3 is 15.2 Å². The van der Waals surface area contributed by atoms with Gasteiger partial charge >= 0.3 is 0 Å². The van der Waals surface area contributed by atoms with Crippen LogP contribution in [0.15, 0.2) is 53.4 Å². The van der Waals surface area contributed by atoms with Gasteiger partial charge in [0.2, 0.25) is 10.0 Å². The molecule has 0 radical (unpaired) electrons. The Bertz CT molecular complexity index is 864. The van der Waals surface area contributed by atoms with Crippen LogP contribution in [0, 0.1) is 0 Å². The van der Waals surface area contributed by atoms with E-state index in [0.717, 1.165) is 5.56 Å². The summed E-state index contributed by atoms with van der Waals surface area (Å²) in [7, 11) is -3.67. The first-order chi connectivity index (χ1) is 13.3. The van der Waals surface area contributed by atoms with Crippen LogP contribution in [0.2, 0.25) is 0 Å². The zero-order valence-corrected chi connectivity index (χ0v) is 16.6. The van der Waals surface area contributed by atoms with Crippen molar-refractivity contribution < 1.29 is 23.1 Å². The Balaban J connectivity index is 1.67. The molecule has 4 N–H and O–H groups in total. The summed E-state index contributed by atoms with van der Waals surface area (Å²) in [6, 6.07) is 13.3. The van der Waals surface area contributed by atoms with Crippen molar-refractivity contribution in [2.24, 2.45) is 5.14 Å². The van der Waals surface area contributed by atoms with Gasteiger partial charge in [0.25, 0.3) is 0 Å². The van der Waals surface area contributed by atoms with E-state index in [4.69, 9.17) is 9.88 Å². The smallest absolute Gasteiger partial charge is 0.238 e. The van der Waals surface area contributed by atoms with E-state index in [1.165, 1.54) is 12.1 Å². The average molecular weight is 407 g/mol. The summed E-state index contributed by atoms with van der Waals surface area (Å²) in [5, 5.41) is 18.2. The van der Waals surface area contributed by atoms with Crippen LogP contribution in [0.25, 0.3) is 0 Å². The van der Waals surface area contributed by atoms with E-state index in [-0.39, 0.29) is 17.3 Å². The van der Waals surface area contributed by atoms with Gasteiger partial charge in [-0.2, -0.15) is 0 Å². The van der Waals surface area contributed by atoms with Gasteiger partial charge in [-0.05, 0) is 54.9 Å². The van der Waals surface area contributed by atoms with Gasteiger partial charge in [-0.25, -0.2) is 13.6 Å². The normalized spacial score (nSPS) is 12.5. The third-order valence-electron chi connectivity index (χ3n) is 4.16. The van der Waals surface area contributed by atoms with Gasteiger partial charge in [-0.3, -0.25) is 4.79 Å². The SMILES string of the molecule is CCC(=O)c1ccc(OCC(O)CNCCc2ccc(S(N)(=O)=O)cc2)cc1. The molecule has 1 unspecified atom stereocenters. The minimum Gasteiger partial charge on any atom is -0.491 e. The Hall–Kier alpha value is -2.26. The zero-order valence-electron chi connectivity index (χ0n) is 15.8. The molecular formula is C20H26N2O5S. The molecule has 152 valence electrons. The molecule has 0 saturated carbocycles. The van der Waals surface area contributed by atoms with Crippen molar-refractivity contribution >= 4 is 15.8 Å². The number of rotatable bonds is 11. The third-order valence-corrected chi connectivity index (χ3v) is 5.09. The number of nitrogens with one attached hydrogen (secondary N) is 1. The molecule has 0 saturated heterocycles. The fraction of sp³-hybridized carbons (Fsp3) is 0.350. The Morgan fingerprint density at radius 1 is 1.14 bits per heavy atom. The lowest BCUT2D eigenvalue weighted by Crippen LogP contribution is -2.32. The molecule has 1 atom stereocenters. The number of nitrogens with two attached hydrogens (primary N) is 1. The van der Waals surface area contributed by atoms with E-state index in [2.05, 4.69) is 5.32 Å². The van der Waals surface area contributed by atoms with Gasteiger partial charge in [-0.15, -0.1) is 0 Å². The lowest BCUT2D eigenvalue weighted by Gasteiger charge is -2.13. The number of ketones is 1. The van der Waals surface area contributed by atoms with Crippen molar-refractivity contribution in [2.75, 3.05) is 19.7 Å². The maximum Gasteiger partial charge on any atom is 0.238 e. The fourth-order valence-electron chi connectivity index (χ4n) is 2.54. The number of carbonyl (C=O) groups is 1. The molecule has 0 heterocycles. The summed E-state index contributed by atoms with van der Waals surface area (Å²) < 4.78 is 28.0. The highest BCUT2D eigenvalue weighted by molar-refractivity contribution is 7.89. The molecule has 0 amide bonds. The summed E-state index contributed by atoms with van der Waals surface area (Å²) in [5.74, 6) is 0.678. The number of carbonyl (C=O) groups excluding carboxylic acids is 1. The van der Waals surface area contributed by atoms with E-state index in [1.807, 2.05) is 6.92 Å². The van der Waals surface area contributed by atoms with E-state index < -0.39 is 16.1 Å². The molecule has 0 aliphatic rings. The van der Waals surface area contributed by atoms with E-state index in [9.17, 15) is 18.3 Å².